The smallest absolute Gasteiger partial charge is 0.258 e. The molecule has 1 aromatic heterocycles. The molecule has 1 aliphatic carbocycles. The van der Waals surface area contributed by atoms with Gasteiger partial charge in [-0.25, -0.2) is 9.71 Å². The van der Waals surface area contributed by atoms with Crippen molar-refractivity contribution in [3.63, 3.8) is 0 Å². The van der Waals surface area contributed by atoms with Gasteiger partial charge in [-0.15, -0.1) is 0 Å². The zero-order valence-corrected chi connectivity index (χ0v) is 23.5. The Morgan fingerprint density at radius 1 is 1.08 bits per heavy atom. The largest absolute Gasteiger partial charge is 0.377 e. The van der Waals surface area contributed by atoms with E-state index in [1.165, 1.54) is 25.7 Å². The van der Waals surface area contributed by atoms with Crippen molar-refractivity contribution in [2.75, 3.05) is 61.1 Å². The van der Waals surface area contributed by atoms with Gasteiger partial charge in [0.2, 0.25) is 0 Å². The Hall–Kier alpha value is -2.33. The molecule has 1 aromatic carbocycles. The molecule has 1 saturated carbocycles. The molecule has 1 amide bonds. The molecular weight excluding hydrogens is 498 g/mol. The van der Waals surface area contributed by atoms with Crippen LogP contribution in [0.5, 0.6) is 0 Å². The van der Waals surface area contributed by atoms with E-state index in [1.807, 2.05) is 25.1 Å². The Morgan fingerprint density at radius 2 is 1.87 bits per heavy atom. The number of ether oxygens (including phenoxy) is 2. The number of amides is 1. The summed E-state index contributed by atoms with van der Waals surface area (Å²) in [5.74, 6) is 1.35. The van der Waals surface area contributed by atoms with Crippen molar-refractivity contribution in [3.8, 4) is 0 Å². The van der Waals surface area contributed by atoms with Gasteiger partial charge in [-0.1, -0.05) is 0 Å². The van der Waals surface area contributed by atoms with Crippen molar-refractivity contribution in [2.45, 2.75) is 63.0 Å². The van der Waals surface area contributed by atoms with E-state index in [9.17, 15) is 4.79 Å². The van der Waals surface area contributed by atoms with Crippen molar-refractivity contribution in [1.29, 1.82) is 0 Å². The lowest BCUT2D eigenvalue weighted by molar-refractivity contribution is -0.0510. The Kier molecular flexibility index (Phi) is 7.05. The maximum absolute atomic E-state index is 13.7. The van der Waals surface area contributed by atoms with Crippen molar-refractivity contribution in [2.24, 2.45) is 5.41 Å². The molecule has 0 radical (unpaired) electrons. The summed E-state index contributed by atoms with van der Waals surface area (Å²) in [5, 5.41) is 3.12. The van der Waals surface area contributed by atoms with Gasteiger partial charge in [-0.3, -0.25) is 4.79 Å². The fraction of sp³-hybridized carbons (Fsp3) is 0.586. The Morgan fingerprint density at radius 3 is 2.55 bits per heavy atom. The minimum Gasteiger partial charge on any atom is -0.377 e. The van der Waals surface area contributed by atoms with Crippen molar-refractivity contribution in [1.82, 2.24) is 9.71 Å². The third-order valence-corrected chi connectivity index (χ3v) is 9.44. The minimum atomic E-state index is -0.116. The number of anilines is 3. The number of nitrogens with one attached hydrogen (secondary N) is 2. The predicted molar refractivity (Wildman–Crippen MR) is 152 cm³/mol. The van der Waals surface area contributed by atoms with Crippen molar-refractivity contribution in [3.05, 3.63) is 41.5 Å². The standard InChI is InChI=1S/C29H39N5O3S/c1-20-14-25(30-26(15-20)34-12-13-37-21(2)17-34)31-27(35)23-5-4-22(38-32-28(3)18-36-19-28)16-24(23)33-10-8-29(6-7-29)9-11-33/h4-5,14-16,21,32H,6-13,17-19H2,1-3H3,(H,30,31,35)/t21-/m1/s1. The zero-order chi connectivity index (χ0) is 26.3. The van der Waals surface area contributed by atoms with Gasteiger partial charge in [0.1, 0.15) is 11.6 Å². The molecule has 38 heavy (non-hydrogen) atoms. The number of morpholine rings is 1. The van der Waals surface area contributed by atoms with Crippen LogP contribution in [0.25, 0.3) is 0 Å². The molecule has 1 atom stereocenters. The number of hydrogen-bond donors (Lipinski definition) is 2. The van der Waals surface area contributed by atoms with Gasteiger partial charge in [-0.2, -0.15) is 0 Å². The van der Waals surface area contributed by atoms with E-state index in [2.05, 4.69) is 45.8 Å². The first-order valence-corrected chi connectivity index (χ1v) is 14.7. The maximum Gasteiger partial charge on any atom is 0.258 e. The van der Waals surface area contributed by atoms with Crippen molar-refractivity contribution < 1.29 is 14.3 Å². The lowest BCUT2D eigenvalue weighted by Crippen LogP contribution is -2.55. The molecule has 8 nitrogen and oxygen atoms in total. The Bertz CT molecular complexity index is 1190. The van der Waals surface area contributed by atoms with Gasteiger partial charge in [0.25, 0.3) is 5.91 Å². The van der Waals surface area contributed by atoms with E-state index in [1.54, 1.807) is 11.9 Å². The highest BCUT2D eigenvalue weighted by atomic mass is 32.2. The summed E-state index contributed by atoms with van der Waals surface area (Å²) < 4.78 is 14.6. The molecular formula is C29H39N5O3S. The maximum atomic E-state index is 13.7. The summed E-state index contributed by atoms with van der Waals surface area (Å²) in [6, 6.07) is 10.2. The van der Waals surface area contributed by atoms with E-state index in [4.69, 9.17) is 14.5 Å². The van der Waals surface area contributed by atoms with Gasteiger partial charge in [-0.05, 0) is 99.7 Å². The number of rotatable bonds is 7. The summed E-state index contributed by atoms with van der Waals surface area (Å²) in [5.41, 5.74) is 3.35. The monoisotopic (exact) mass is 537 g/mol. The summed E-state index contributed by atoms with van der Waals surface area (Å²) >= 11 is 1.62. The van der Waals surface area contributed by atoms with Gasteiger partial charge in [0.15, 0.2) is 0 Å². The van der Waals surface area contributed by atoms with Crippen molar-refractivity contribution >= 4 is 35.2 Å². The summed E-state index contributed by atoms with van der Waals surface area (Å²) in [6.45, 7) is 12.0. The number of hydrogen-bond acceptors (Lipinski definition) is 8. The third kappa shape index (κ3) is 5.66. The average Bonchev–Trinajstić information content (AvgIpc) is 3.65. The fourth-order valence-electron chi connectivity index (χ4n) is 5.66. The summed E-state index contributed by atoms with van der Waals surface area (Å²) in [7, 11) is 0. The lowest BCUT2D eigenvalue weighted by atomic mass is 9.93. The van der Waals surface area contributed by atoms with E-state index in [0.717, 1.165) is 61.4 Å². The predicted octanol–water partition coefficient (Wildman–Crippen LogP) is 4.63. The van der Waals surface area contributed by atoms with E-state index in [-0.39, 0.29) is 17.6 Å². The lowest BCUT2D eigenvalue weighted by Gasteiger charge is -2.38. The minimum absolute atomic E-state index is 0.00280. The van der Waals surface area contributed by atoms with Gasteiger partial charge in [0, 0.05) is 31.1 Å². The number of nitrogens with zero attached hydrogens (tertiary/aromatic N) is 3. The number of benzene rings is 1. The molecule has 9 heteroatoms. The van der Waals surface area contributed by atoms with Crippen LogP contribution in [-0.2, 0) is 9.47 Å². The average molecular weight is 538 g/mol. The first-order chi connectivity index (χ1) is 18.3. The molecule has 0 unspecified atom stereocenters. The van der Waals surface area contributed by atoms with Crippen LogP contribution in [0, 0.1) is 12.3 Å². The van der Waals surface area contributed by atoms with Gasteiger partial charge >= 0.3 is 0 Å². The second kappa shape index (κ2) is 10.3. The second-order valence-electron chi connectivity index (χ2n) is 11.9. The second-order valence-corrected chi connectivity index (χ2v) is 12.8. The van der Waals surface area contributed by atoms with Crippen LogP contribution in [0.3, 0.4) is 0 Å². The summed E-state index contributed by atoms with van der Waals surface area (Å²) in [6.07, 6.45) is 5.30. The highest BCUT2D eigenvalue weighted by Crippen LogP contribution is 2.54. The number of aryl methyl sites for hydroxylation is 1. The summed E-state index contributed by atoms with van der Waals surface area (Å²) in [4.78, 5) is 24.3. The number of carbonyl (C=O) groups is 1. The molecule has 2 N–H and O–H groups in total. The molecule has 4 fully saturated rings. The van der Waals surface area contributed by atoms with Crippen LogP contribution in [0.4, 0.5) is 17.3 Å². The van der Waals surface area contributed by atoms with Crippen LogP contribution >= 0.6 is 11.9 Å². The molecule has 2 aromatic rings. The molecule has 3 aliphatic heterocycles. The number of aromatic nitrogens is 1. The van der Waals surface area contributed by atoms with Crippen LogP contribution in [0.1, 0.15) is 55.5 Å². The first kappa shape index (κ1) is 25.9. The van der Waals surface area contributed by atoms with Crippen LogP contribution in [0.15, 0.2) is 35.2 Å². The van der Waals surface area contributed by atoms with Crippen LogP contribution < -0.4 is 19.8 Å². The SMILES string of the molecule is Cc1cc(NC(=O)c2ccc(SNC3(C)COC3)cc2N2CCC3(CC2)CC3)nc(N2CCO[C@H](C)C2)c1. The normalized spacial score (nSPS) is 23.7. The van der Waals surface area contributed by atoms with Gasteiger partial charge < -0.3 is 24.6 Å². The highest BCUT2D eigenvalue weighted by Gasteiger charge is 2.44. The zero-order valence-electron chi connectivity index (χ0n) is 22.7. The molecule has 0 bridgehead atoms. The molecule has 1 spiro atoms. The topological polar surface area (TPSA) is 79.0 Å². The Balaban J connectivity index is 1.23. The highest BCUT2D eigenvalue weighted by molar-refractivity contribution is 7.97. The molecule has 204 valence electrons. The number of piperidine rings is 1. The number of carbonyl (C=O) groups excluding carboxylic acids is 1. The van der Waals surface area contributed by atoms with E-state index < -0.39 is 0 Å². The van der Waals surface area contributed by atoms with Gasteiger partial charge in [0.05, 0.1) is 42.7 Å². The quantitative estimate of drug-likeness (QED) is 0.495. The third-order valence-electron chi connectivity index (χ3n) is 8.36. The molecule has 4 aliphatic rings. The Labute approximate surface area is 230 Å². The molecule has 3 saturated heterocycles. The first-order valence-electron chi connectivity index (χ1n) is 13.9. The molecule has 4 heterocycles. The molecule has 6 rings (SSSR count). The number of pyridine rings is 1. The van der Waals surface area contributed by atoms with E-state index in [0.29, 0.717) is 23.4 Å². The van der Waals surface area contributed by atoms with E-state index >= 15 is 0 Å². The van der Waals surface area contributed by atoms with Crippen LogP contribution in [0.2, 0.25) is 0 Å². The fourth-order valence-corrected chi connectivity index (χ4v) is 6.45. The van der Waals surface area contributed by atoms with Crippen LogP contribution in [-0.4, -0.2) is 68.5 Å².